The number of ketones is 2. The zero-order chi connectivity index (χ0) is 22.6. The minimum absolute atomic E-state index is 0.0325. The molecule has 0 aromatic rings. The van der Waals surface area contributed by atoms with Crippen molar-refractivity contribution in [3.05, 3.63) is 11.6 Å². The zero-order valence-corrected chi connectivity index (χ0v) is 19.0. The summed E-state index contributed by atoms with van der Waals surface area (Å²) in [5.74, 6) is -0.320. The Labute approximate surface area is 184 Å². The Kier molecular flexibility index (Phi) is 5.70. The van der Waals surface area contributed by atoms with Gasteiger partial charge in [-0.1, -0.05) is 26.3 Å². The summed E-state index contributed by atoms with van der Waals surface area (Å²) >= 11 is 0. The molecule has 0 aromatic carbocycles. The number of hydrogen-bond donors (Lipinski definition) is 2. The van der Waals surface area contributed by atoms with E-state index < -0.39 is 35.5 Å². The molecule has 3 saturated carbocycles. The third-order valence-electron chi connectivity index (χ3n) is 9.35. The van der Waals surface area contributed by atoms with E-state index in [1.807, 2.05) is 13.8 Å². The Hall–Kier alpha value is -1.53. The SMILES string of the molecule is CCCC(=O)O[C@]1(C(=O)CO)CCC2C3CCC4=CC(=O)CC[C@]4(C)C3C(O)C[C@@]21C. The molecular weight excluding hydrogens is 396 g/mol. The first-order valence-electron chi connectivity index (χ1n) is 11.9. The van der Waals surface area contributed by atoms with Crippen LogP contribution in [0.1, 0.15) is 78.6 Å². The predicted molar refractivity (Wildman–Crippen MR) is 114 cm³/mol. The predicted octanol–water partition coefficient (Wildman–Crippen LogP) is 3.13. The molecule has 6 heteroatoms. The van der Waals surface area contributed by atoms with Crippen molar-refractivity contribution in [2.75, 3.05) is 6.61 Å². The molecule has 2 N–H and O–H groups in total. The maximum atomic E-state index is 13.1. The Morgan fingerprint density at radius 2 is 1.94 bits per heavy atom. The highest BCUT2D eigenvalue weighted by molar-refractivity contribution is 5.92. The Balaban J connectivity index is 1.73. The van der Waals surface area contributed by atoms with Gasteiger partial charge in [-0.3, -0.25) is 14.4 Å². The van der Waals surface area contributed by atoms with E-state index in [0.717, 1.165) is 31.3 Å². The highest BCUT2D eigenvalue weighted by atomic mass is 16.6. The van der Waals surface area contributed by atoms with Gasteiger partial charge in [0.25, 0.3) is 0 Å². The first-order valence-corrected chi connectivity index (χ1v) is 11.9. The van der Waals surface area contributed by atoms with E-state index in [1.54, 1.807) is 6.08 Å². The Bertz CT molecular complexity index is 817. The molecule has 4 unspecified atom stereocenters. The molecule has 31 heavy (non-hydrogen) atoms. The van der Waals surface area contributed by atoms with Crippen LogP contribution in [0, 0.1) is 28.6 Å². The van der Waals surface area contributed by atoms with E-state index in [1.165, 1.54) is 0 Å². The summed E-state index contributed by atoms with van der Waals surface area (Å²) in [5.41, 5.74) is -1.12. The van der Waals surface area contributed by atoms with E-state index in [4.69, 9.17) is 4.74 Å². The van der Waals surface area contributed by atoms with Crippen LogP contribution < -0.4 is 0 Å². The topological polar surface area (TPSA) is 101 Å². The molecule has 0 bridgehead atoms. The van der Waals surface area contributed by atoms with Gasteiger partial charge in [-0.15, -0.1) is 0 Å². The number of aliphatic hydroxyl groups is 2. The van der Waals surface area contributed by atoms with Crippen LogP contribution in [0.5, 0.6) is 0 Å². The number of carbonyl (C=O) groups is 3. The number of fused-ring (bicyclic) bond motifs is 5. The molecule has 0 saturated heterocycles. The van der Waals surface area contributed by atoms with Gasteiger partial charge in [0.1, 0.15) is 6.61 Å². The average Bonchev–Trinajstić information content (AvgIpc) is 3.00. The van der Waals surface area contributed by atoms with E-state index in [2.05, 4.69) is 6.92 Å². The molecule has 4 aliphatic carbocycles. The van der Waals surface area contributed by atoms with Gasteiger partial charge in [-0.25, -0.2) is 0 Å². The second kappa shape index (κ2) is 7.80. The van der Waals surface area contributed by atoms with E-state index in [-0.39, 0.29) is 35.4 Å². The van der Waals surface area contributed by atoms with Crippen molar-refractivity contribution in [3.8, 4) is 0 Å². The molecule has 0 radical (unpaired) electrons. The van der Waals surface area contributed by atoms with Gasteiger partial charge in [0.2, 0.25) is 5.78 Å². The molecule has 3 fully saturated rings. The van der Waals surface area contributed by atoms with Crippen LogP contribution in [0.4, 0.5) is 0 Å². The smallest absolute Gasteiger partial charge is 0.306 e. The minimum atomic E-state index is -1.37. The molecule has 7 atom stereocenters. The molecule has 0 aromatic heterocycles. The van der Waals surface area contributed by atoms with Crippen LogP contribution in [-0.2, 0) is 19.1 Å². The quantitative estimate of drug-likeness (QED) is 0.648. The average molecular weight is 433 g/mol. The number of carbonyl (C=O) groups excluding carboxylic acids is 3. The highest BCUT2D eigenvalue weighted by Gasteiger charge is 2.70. The lowest BCUT2D eigenvalue weighted by Gasteiger charge is -2.60. The van der Waals surface area contributed by atoms with Crippen LogP contribution in [0.2, 0.25) is 0 Å². The van der Waals surface area contributed by atoms with Gasteiger partial charge >= 0.3 is 5.97 Å². The standard InChI is InChI=1S/C25H36O6/c1-4-5-21(30)31-25(20(29)14-26)11-9-18-17-7-6-15-12-16(27)8-10-23(15,2)22(17)19(28)13-24(18,25)3/h12,17-19,22,26,28H,4-11,13-14H2,1-3H3/t17?,18?,19?,22?,23-,24-,25-/m0/s1. The maximum absolute atomic E-state index is 13.1. The fourth-order valence-corrected chi connectivity index (χ4v) is 7.94. The summed E-state index contributed by atoms with van der Waals surface area (Å²) in [6.45, 7) is 5.39. The zero-order valence-electron chi connectivity index (χ0n) is 19.0. The third kappa shape index (κ3) is 3.16. The molecule has 0 spiro atoms. The second-order valence-corrected chi connectivity index (χ2v) is 10.7. The first kappa shape index (κ1) is 22.7. The lowest BCUT2D eigenvalue weighted by Crippen LogP contribution is -2.63. The number of hydrogen-bond acceptors (Lipinski definition) is 6. The van der Waals surface area contributed by atoms with E-state index in [9.17, 15) is 24.6 Å². The number of ether oxygens (including phenoxy) is 1. The van der Waals surface area contributed by atoms with Crippen LogP contribution in [0.25, 0.3) is 0 Å². The van der Waals surface area contributed by atoms with Gasteiger partial charge in [0.15, 0.2) is 11.4 Å². The number of esters is 1. The third-order valence-corrected chi connectivity index (χ3v) is 9.35. The Morgan fingerprint density at radius 1 is 1.19 bits per heavy atom. The molecule has 0 aliphatic heterocycles. The van der Waals surface area contributed by atoms with Crippen LogP contribution in [0.15, 0.2) is 11.6 Å². The van der Waals surface area contributed by atoms with Crippen molar-refractivity contribution in [3.63, 3.8) is 0 Å². The van der Waals surface area contributed by atoms with Gasteiger partial charge in [-0.2, -0.15) is 0 Å². The van der Waals surface area contributed by atoms with Crippen LogP contribution in [0.3, 0.4) is 0 Å². The van der Waals surface area contributed by atoms with Gasteiger partial charge in [-0.05, 0) is 74.2 Å². The monoisotopic (exact) mass is 432 g/mol. The van der Waals surface area contributed by atoms with Crippen molar-refractivity contribution in [1.82, 2.24) is 0 Å². The van der Waals surface area contributed by atoms with Gasteiger partial charge in [0.05, 0.1) is 6.10 Å². The summed E-state index contributed by atoms with van der Waals surface area (Å²) in [6.07, 6.45) is 6.48. The minimum Gasteiger partial charge on any atom is -0.450 e. The summed E-state index contributed by atoms with van der Waals surface area (Å²) in [6, 6.07) is 0. The second-order valence-electron chi connectivity index (χ2n) is 10.7. The lowest BCUT2D eigenvalue weighted by atomic mass is 9.45. The number of rotatable bonds is 5. The summed E-state index contributed by atoms with van der Waals surface area (Å²) in [5, 5.41) is 21.3. The molecule has 6 nitrogen and oxygen atoms in total. The highest BCUT2D eigenvalue weighted by Crippen LogP contribution is 2.68. The summed E-state index contributed by atoms with van der Waals surface area (Å²) in [4.78, 5) is 37.6. The van der Waals surface area contributed by atoms with Crippen molar-refractivity contribution in [2.45, 2.75) is 90.3 Å². The van der Waals surface area contributed by atoms with Crippen molar-refractivity contribution >= 4 is 17.5 Å². The van der Waals surface area contributed by atoms with Gasteiger partial charge in [0, 0.05) is 18.3 Å². The first-order chi connectivity index (χ1) is 14.6. The largest absolute Gasteiger partial charge is 0.450 e. The summed E-state index contributed by atoms with van der Waals surface area (Å²) < 4.78 is 5.92. The van der Waals surface area contributed by atoms with E-state index in [0.29, 0.717) is 25.7 Å². The van der Waals surface area contributed by atoms with Crippen molar-refractivity contribution < 1.29 is 29.3 Å². The maximum Gasteiger partial charge on any atom is 0.306 e. The van der Waals surface area contributed by atoms with Crippen molar-refractivity contribution in [1.29, 1.82) is 0 Å². The van der Waals surface area contributed by atoms with Gasteiger partial charge < -0.3 is 14.9 Å². The molecule has 4 rings (SSSR count). The van der Waals surface area contributed by atoms with Crippen LogP contribution >= 0.6 is 0 Å². The fourth-order valence-electron chi connectivity index (χ4n) is 7.94. The fraction of sp³-hybridized carbons (Fsp3) is 0.800. The molecule has 172 valence electrons. The van der Waals surface area contributed by atoms with Crippen LogP contribution in [-0.4, -0.2) is 46.1 Å². The van der Waals surface area contributed by atoms with E-state index >= 15 is 0 Å². The molecule has 4 aliphatic rings. The normalized spacial score (nSPS) is 44.0. The van der Waals surface area contributed by atoms with Crippen molar-refractivity contribution in [2.24, 2.45) is 28.6 Å². The molecule has 0 heterocycles. The lowest BCUT2D eigenvalue weighted by molar-refractivity contribution is -0.202. The molecule has 0 amide bonds. The molecular formula is C25H36O6. The number of aliphatic hydroxyl groups excluding tert-OH is 2. The number of Topliss-reactive ketones (excluding diaryl/α,β-unsaturated/α-hetero) is 1. The summed E-state index contributed by atoms with van der Waals surface area (Å²) in [7, 11) is 0. The number of allylic oxidation sites excluding steroid dienone is 1. The Morgan fingerprint density at radius 3 is 2.61 bits per heavy atom.